The standard InChI is InChI=1S/C11H14N4/c1-15(2)7-8-6-14-11(12)10-9(8)4-3-5-13-10/h3-6H,7H2,1-2H3,(H2,12,14). The van der Waals surface area contributed by atoms with Crippen LogP contribution in [-0.4, -0.2) is 29.0 Å². The van der Waals surface area contributed by atoms with Gasteiger partial charge < -0.3 is 10.6 Å². The molecule has 0 aliphatic carbocycles. The van der Waals surface area contributed by atoms with Gasteiger partial charge in [-0.05, 0) is 25.7 Å². The molecule has 4 nitrogen and oxygen atoms in total. The second-order valence-corrected chi connectivity index (χ2v) is 3.81. The Morgan fingerprint density at radius 1 is 1.33 bits per heavy atom. The molecule has 2 aromatic rings. The average molecular weight is 202 g/mol. The summed E-state index contributed by atoms with van der Waals surface area (Å²) < 4.78 is 0. The molecule has 0 saturated carbocycles. The van der Waals surface area contributed by atoms with Gasteiger partial charge in [0.2, 0.25) is 0 Å². The fourth-order valence-electron chi connectivity index (χ4n) is 1.61. The minimum atomic E-state index is 0.494. The topological polar surface area (TPSA) is 55.0 Å². The number of fused-ring (bicyclic) bond motifs is 1. The second kappa shape index (κ2) is 3.82. The molecule has 0 atom stereocenters. The summed E-state index contributed by atoms with van der Waals surface area (Å²) in [5.74, 6) is 0.494. The lowest BCUT2D eigenvalue weighted by Gasteiger charge is -2.12. The SMILES string of the molecule is CN(C)Cc1cnc(N)c2ncccc12. The molecule has 0 aliphatic rings. The maximum atomic E-state index is 5.77. The molecule has 0 amide bonds. The Morgan fingerprint density at radius 2 is 2.13 bits per heavy atom. The molecule has 0 aromatic carbocycles. The number of rotatable bonds is 2. The molecule has 78 valence electrons. The first-order chi connectivity index (χ1) is 7.18. The highest BCUT2D eigenvalue weighted by Crippen LogP contribution is 2.20. The smallest absolute Gasteiger partial charge is 0.149 e. The van der Waals surface area contributed by atoms with Gasteiger partial charge in [-0.25, -0.2) is 4.98 Å². The van der Waals surface area contributed by atoms with Crippen molar-refractivity contribution in [1.29, 1.82) is 0 Å². The van der Waals surface area contributed by atoms with Gasteiger partial charge in [0.1, 0.15) is 11.3 Å². The molecule has 4 heteroatoms. The highest BCUT2D eigenvalue weighted by molar-refractivity contribution is 5.89. The van der Waals surface area contributed by atoms with E-state index in [-0.39, 0.29) is 0 Å². The first-order valence-corrected chi connectivity index (χ1v) is 4.81. The van der Waals surface area contributed by atoms with E-state index in [1.807, 2.05) is 32.4 Å². The van der Waals surface area contributed by atoms with E-state index in [1.165, 1.54) is 0 Å². The van der Waals surface area contributed by atoms with Gasteiger partial charge in [-0.1, -0.05) is 6.07 Å². The zero-order chi connectivity index (χ0) is 10.8. The van der Waals surface area contributed by atoms with Crippen LogP contribution in [0.5, 0.6) is 0 Å². The molecule has 2 aromatic heterocycles. The van der Waals surface area contributed by atoms with Gasteiger partial charge in [0.25, 0.3) is 0 Å². The van der Waals surface area contributed by atoms with Crippen molar-refractivity contribution in [3.8, 4) is 0 Å². The zero-order valence-electron chi connectivity index (χ0n) is 8.94. The molecule has 0 aliphatic heterocycles. The molecule has 0 unspecified atom stereocenters. The fourth-order valence-corrected chi connectivity index (χ4v) is 1.61. The number of anilines is 1. The number of aromatic nitrogens is 2. The first kappa shape index (κ1) is 9.86. The van der Waals surface area contributed by atoms with E-state index in [0.717, 1.165) is 23.0 Å². The van der Waals surface area contributed by atoms with E-state index in [1.54, 1.807) is 6.20 Å². The summed E-state index contributed by atoms with van der Waals surface area (Å²) in [5.41, 5.74) is 7.71. The number of hydrogen-bond acceptors (Lipinski definition) is 4. The van der Waals surface area contributed by atoms with Crippen LogP contribution in [-0.2, 0) is 6.54 Å². The molecule has 0 fully saturated rings. The monoisotopic (exact) mass is 202 g/mol. The Morgan fingerprint density at radius 3 is 2.87 bits per heavy atom. The number of nitrogens with two attached hydrogens (primary N) is 1. The molecule has 15 heavy (non-hydrogen) atoms. The minimum absolute atomic E-state index is 0.494. The van der Waals surface area contributed by atoms with E-state index < -0.39 is 0 Å². The largest absolute Gasteiger partial charge is 0.382 e. The van der Waals surface area contributed by atoms with Crippen LogP contribution in [0.25, 0.3) is 10.9 Å². The zero-order valence-corrected chi connectivity index (χ0v) is 8.94. The van der Waals surface area contributed by atoms with Crippen molar-refractivity contribution in [1.82, 2.24) is 14.9 Å². The molecule has 2 rings (SSSR count). The summed E-state index contributed by atoms with van der Waals surface area (Å²) in [6, 6.07) is 3.94. The van der Waals surface area contributed by atoms with Crippen LogP contribution in [0.15, 0.2) is 24.5 Å². The fraction of sp³-hybridized carbons (Fsp3) is 0.273. The van der Waals surface area contributed by atoms with Crippen LogP contribution in [0, 0.1) is 0 Å². The summed E-state index contributed by atoms with van der Waals surface area (Å²) >= 11 is 0. The van der Waals surface area contributed by atoms with Gasteiger partial charge in [0.15, 0.2) is 0 Å². The van der Waals surface area contributed by atoms with Crippen molar-refractivity contribution < 1.29 is 0 Å². The summed E-state index contributed by atoms with van der Waals surface area (Å²) in [7, 11) is 4.05. The van der Waals surface area contributed by atoms with Crippen molar-refractivity contribution in [3.63, 3.8) is 0 Å². The third kappa shape index (κ3) is 1.89. The van der Waals surface area contributed by atoms with Crippen LogP contribution in [0.3, 0.4) is 0 Å². The summed E-state index contributed by atoms with van der Waals surface area (Å²) in [6.45, 7) is 0.843. The third-order valence-electron chi connectivity index (χ3n) is 2.24. The van der Waals surface area contributed by atoms with Crippen LogP contribution in [0.2, 0.25) is 0 Å². The molecular formula is C11H14N4. The number of pyridine rings is 2. The Hall–Kier alpha value is -1.68. The van der Waals surface area contributed by atoms with Crippen LogP contribution in [0.4, 0.5) is 5.82 Å². The summed E-state index contributed by atoms with van der Waals surface area (Å²) in [5, 5.41) is 1.08. The quantitative estimate of drug-likeness (QED) is 0.797. The van der Waals surface area contributed by atoms with E-state index in [0.29, 0.717) is 5.82 Å². The molecule has 0 radical (unpaired) electrons. The van der Waals surface area contributed by atoms with Crippen molar-refractivity contribution >= 4 is 16.7 Å². The predicted molar refractivity (Wildman–Crippen MR) is 61.3 cm³/mol. The molecule has 2 heterocycles. The van der Waals surface area contributed by atoms with Crippen LogP contribution in [0.1, 0.15) is 5.56 Å². The second-order valence-electron chi connectivity index (χ2n) is 3.81. The van der Waals surface area contributed by atoms with Crippen LogP contribution >= 0.6 is 0 Å². The van der Waals surface area contributed by atoms with E-state index in [2.05, 4.69) is 14.9 Å². The highest BCUT2D eigenvalue weighted by Gasteiger charge is 2.06. The van der Waals surface area contributed by atoms with Crippen molar-refractivity contribution in [3.05, 3.63) is 30.1 Å². The van der Waals surface area contributed by atoms with E-state index in [4.69, 9.17) is 5.73 Å². The Kier molecular flexibility index (Phi) is 2.51. The van der Waals surface area contributed by atoms with Gasteiger partial charge in [0, 0.05) is 24.3 Å². The Balaban J connectivity index is 2.61. The van der Waals surface area contributed by atoms with Crippen molar-refractivity contribution in [2.75, 3.05) is 19.8 Å². The first-order valence-electron chi connectivity index (χ1n) is 4.81. The number of nitrogen functional groups attached to an aromatic ring is 1. The van der Waals surface area contributed by atoms with E-state index in [9.17, 15) is 0 Å². The van der Waals surface area contributed by atoms with Gasteiger partial charge in [-0.3, -0.25) is 4.98 Å². The predicted octanol–water partition coefficient (Wildman–Crippen LogP) is 1.27. The van der Waals surface area contributed by atoms with Gasteiger partial charge in [-0.15, -0.1) is 0 Å². The third-order valence-corrected chi connectivity index (χ3v) is 2.24. The lowest BCUT2D eigenvalue weighted by Crippen LogP contribution is -2.11. The van der Waals surface area contributed by atoms with Gasteiger partial charge in [0.05, 0.1) is 0 Å². The molecule has 0 bridgehead atoms. The van der Waals surface area contributed by atoms with Gasteiger partial charge >= 0.3 is 0 Å². The van der Waals surface area contributed by atoms with E-state index >= 15 is 0 Å². The molecule has 2 N–H and O–H groups in total. The number of hydrogen-bond donors (Lipinski definition) is 1. The Bertz CT molecular complexity index is 479. The molecular weight excluding hydrogens is 188 g/mol. The average Bonchev–Trinajstić information content (AvgIpc) is 2.22. The van der Waals surface area contributed by atoms with Crippen LogP contribution < -0.4 is 5.73 Å². The maximum absolute atomic E-state index is 5.77. The molecule has 0 spiro atoms. The minimum Gasteiger partial charge on any atom is -0.382 e. The lowest BCUT2D eigenvalue weighted by atomic mass is 10.1. The lowest BCUT2D eigenvalue weighted by molar-refractivity contribution is 0.403. The summed E-state index contributed by atoms with van der Waals surface area (Å²) in [6.07, 6.45) is 3.55. The highest BCUT2D eigenvalue weighted by atomic mass is 15.1. The van der Waals surface area contributed by atoms with Crippen molar-refractivity contribution in [2.45, 2.75) is 6.54 Å². The molecule has 0 saturated heterocycles. The maximum Gasteiger partial charge on any atom is 0.149 e. The number of nitrogens with zero attached hydrogens (tertiary/aromatic N) is 3. The van der Waals surface area contributed by atoms with Crippen molar-refractivity contribution in [2.24, 2.45) is 0 Å². The van der Waals surface area contributed by atoms with Gasteiger partial charge in [-0.2, -0.15) is 0 Å². The summed E-state index contributed by atoms with van der Waals surface area (Å²) in [4.78, 5) is 10.5. The Labute approximate surface area is 88.7 Å². The normalized spacial score (nSPS) is 11.1.